The van der Waals surface area contributed by atoms with Gasteiger partial charge < -0.3 is 4.74 Å². The van der Waals surface area contributed by atoms with E-state index in [1.807, 2.05) is 6.07 Å². The molecule has 1 aromatic carbocycles. The van der Waals surface area contributed by atoms with E-state index in [2.05, 4.69) is 28.2 Å². The predicted octanol–water partition coefficient (Wildman–Crippen LogP) is 4.20. The molecular formula is C21H18FN5O. The van der Waals surface area contributed by atoms with E-state index in [1.54, 1.807) is 24.5 Å². The molecule has 1 aliphatic heterocycles. The van der Waals surface area contributed by atoms with Crippen molar-refractivity contribution in [3.8, 4) is 23.1 Å². The maximum Gasteiger partial charge on any atom is 0.243 e. The zero-order valence-corrected chi connectivity index (χ0v) is 15.2. The van der Waals surface area contributed by atoms with Crippen LogP contribution in [0, 0.1) is 28.5 Å². The highest BCUT2D eigenvalue weighted by Gasteiger charge is 2.40. The van der Waals surface area contributed by atoms with Crippen molar-refractivity contribution in [2.75, 3.05) is 0 Å². The molecule has 0 amide bonds. The van der Waals surface area contributed by atoms with Crippen LogP contribution in [0.5, 0.6) is 5.88 Å². The first kappa shape index (κ1) is 17.9. The van der Waals surface area contributed by atoms with E-state index in [9.17, 15) is 9.65 Å². The summed E-state index contributed by atoms with van der Waals surface area (Å²) in [5.41, 5.74) is 4.15. The van der Waals surface area contributed by atoms with E-state index in [-0.39, 0.29) is 11.7 Å². The van der Waals surface area contributed by atoms with Crippen LogP contribution in [-0.4, -0.2) is 21.1 Å². The minimum Gasteiger partial charge on any atom is -0.422 e. The summed E-state index contributed by atoms with van der Waals surface area (Å²) in [6.45, 7) is 2.06. The van der Waals surface area contributed by atoms with Crippen molar-refractivity contribution in [1.82, 2.24) is 15.2 Å². The van der Waals surface area contributed by atoms with Crippen LogP contribution in [0.1, 0.15) is 36.1 Å². The minimum atomic E-state index is -0.772. The van der Waals surface area contributed by atoms with Gasteiger partial charge in [-0.3, -0.25) is 15.5 Å². The third-order valence-corrected chi connectivity index (χ3v) is 4.92. The molecule has 0 fully saturated rings. The van der Waals surface area contributed by atoms with Gasteiger partial charge in [0, 0.05) is 35.1 Å². The van der Waals surface area contributed by atoms with Gasteiger partial charge in [-0.25, -0.2) is 4.39 Å². The summed E-state index contributed by atoms with van der Waals surface area (Å²) < 4.78 is 18.8. The van der Waals surface area contributed by atoms with Gasteiger partial charge in [0.05, 0.1) is 6.07 Å². The second-order valence-corrected chi connectivity index (χ2v) is 6.74. The molecule has 1 aliphatic rings. The molecule has 0 aliphatic carbocycles. The molecule has 0 spiro atoms. The van der Waals surface area contributed by atoms with Crippen LogP contribution in [0.4, 0.5) is 4.39 Å². The maximum atomic E-state index is 13.3. The molecule has 4 rings (SSSR count). The number of nitrogens with zero attached hydrogens (tertiary/aromatic N) is 3. The van der Waals surface area contributed by atoms with E-state index >= 15 is 0 Å². The fraction of sp³-hybridized carbons (Fsp3) is 0.238. The number of aromatic amines is 1. The Morgan fingerprint density at radius 3 is 2.75 bits per heavy atom. The maximum absolute atomic E-state index is 13.3. The number of nitrogens with one attached hydrogen (secondary N) is 2. The Bertz CT molecular complexity index is 1070. The summed E-state index contributed by atoms with van der Waals surface area (Å²) in [6, 6.07) is 10.3. The van der Waals surface area contributed by atoms with E-state index in [0.717, 1.165) is 40.8 Å². The second-order valence-electron chi connectivity index (χ2n) is 6.74. The van der Waals surface area contributed by atoms with E-state index < -0.39 is 11.8 Å². The highest BCUT2D eigenvalue weighted by Crippen LogP contribution is 2.43. The van der Waals surface area contributed by atoms with Crippen molar-refractivity contribution in [1.29, 1.82) is 10.7 Å². The molecule has 0 bridgehead atoms. The van der Waals surface area contributed by atoms with Gasteiger partial charge in [0.2, 0.25) is 11.8 Å². The van der Waals surface area contributed by atoms with Gasteiger partial charge in [0.15, 0.2) is 0 Å². The van der Waals surface area contributed by atoms with Gasteiger partial charge in [-0.2, -0.15) is 5.26 Å². The van der Waals surface area contributed by atoms with E-state index in [4.69, 9.17) is 10.1 Å². The molecule has 2 aromatic heterocycles. The quantitative estimate of drug-likeness (QED) is 0.714. The lowest BCUT2D eigenvalue weighted by atomic mass is 9.79. The molecule has 28 heavy (non-hydrogen) atoms. The molecule has 7 heteroatoms. The topological polar surface area (TPSA) is 98.4 Å². The molecule has 140 valence electrons. The van der Waals surface area contributed by atoms with Gasteiger partial charge in [0.25, 0.3) is 0 Å². The van der Waals surface area contributed by atoms with E-state index in [1.165, 1.54) is 12.1 Å². The van der Waals surface area contributed by atoms with Gasteiger partial charge in [-0.05, 0) is 35.7 Å². The Kier molecular flexibility index (Phi) is 4.62. The Labute approximate surface area is 161 Å². The van der Waals surface area contributed by atoms with Crippen LogP contribution < -0.4 is 4.74 Å². The molecule has 2 atom stereocenters. The first-order chi connectivity index (χ1) is 13.6. The highest BCUT2D eigenvalue weighted by atomic mass is 19.1. The number of H-pyrrole nitrogens is 1. The number of pyridine rings is 1. The number of hydrogen-bond acceptors (Lipinski definition) is 5. The summed E-state index contributed by atoms with van der Waals surface area (Å²) in [5, 5.41) is 25.1. The molecule has 3 heterocycles. The Morgan fingerprint density at radius 1 is 1.25 bits per heavy atom. The third kappa shape index (κ3) is 3.03. The van der Waals surface area contributed by atoms with Gasteiger partial charge in [-0.1, -0.05) is 25.5 Å². The normalized spacial score (nSPS) is 18.2. The Balaban J connectivity index is 1.84. The summed E-state index contributed by atoms with van der Waals surface area (Å²) in [7, 11) is 0. The van der Waals surface area contributed by atoms with Crippen LogP contribution in [0.3, 0.4) is 0 Å². The molecule has 6 nitrogen and oxygen atoms in total. The number of rotatable bonds is 4. The second kappa shape index (κ2) is 7.24. The summed E-state index contributed by atoms with van der Waals surface area (Å²) in [5.74, 6) is -1.26. The van der Waals surface area contributed by atoms with Crippen molar-refractivity contribution < 1.29 is 9.13 Å². The van der Waals surface area contributed by atoms with Crippen LogP contribution in [0.15, 0.2) is 42.7 Å². The van der Waals surface area contributed by atoms with Crippen LogP contribution in [0.25, 0.3) is 11.1 Å². The third-order valence-electron chi connectivity index (χ3n) is 4.92. The number of hydrogen-bond donors (Lipinski definition) is 2. The van der Waals surface area contributed by atoms with Crippen LogP contribution in [-0.2, 0) is 6.42 Å². The lowest BCUT2D eigenvalue weighted by molar-refractivity contribution is 0.436. The zero-order chi connectivity index (χ0) is 19.7. The average molecular weight is 375 g/mol. The average Bonchev–Trinajstić information content (AvgIpc) is 3.10. The Morgan fingerprint density at radius 2 is 2.04 bits per heavy atom. The number of aryl methyl sites for hydroxylation is 1. The molecule has 0 saturated heterocycles. The molecule has 3 aromatic rings. The standard InChI is InChI=1S/C21H18FN5O/c1-2-3-17-19-18(16(9-23)20(24)28-21(19)27-26-17)14-8-13(10-25-11-14)12-4-6-15(22)7-5-12/h4-8,10-11,16,18,24H,2-3H2,1H3,(H,26,27). The fourth-order valence-electron chi connectivity index (χ4n) is 3.61. The highest BCUT2D eigenvalue weighted by molar-refractivity contribution is 5.85. The largest absolute Gasteiger partial charge is 0.422 e. The number of ether oxygens (including phenoxy) is 1. The number of aromatic nitrogens is 3. The number of fused-ring (bicyclic) bond motifs is 1. The number of halogens is 1. The molecule has 0 saturated carbocycles. The minimum absolute atomic E-state index is 0.123. The lowest BCUT2D eigenvalue weighted by Gasteiger charge is -2.28. The van der Waals surface area contributed by atoms with Crippen molar-refractivity contribution in [2.24, 2.45) is 5.92 Å². The fourth-order valence-corrected chi connectivity index (χ4v) is 3.61. The Hall–Kier alpha value is -3.53. The van der Waals surface area contributed by atoms with Crippen molar-refractivity contribution >= 4 is 5.90 Å². The number of benzene rings is 1. The van der Waals surface area contributed by atoms with Crippen molar-refractivity contribution in [3.63, 3.8) is 0 Å². The van der Waals surface area contributed by atoms with Gasteiger partial charge in [-0.15, -0.1) is 5.10 Å². The summed E-state index contributed by atoms with van der Waals surface area (Å²) in [6.07, 6.45) is 5.07. The molecule has 2 unspecified atom stereocenters. The van der Waals surface area contributed by atoms with Gasteiger partial charge >= 0.3 is 0 Å². The molecule has 0 radical (unpaired) electrons. The summed E-state index contributed by atoms with van der Waals surface area (Å²) in [4.78, 5) is 4.34. The van der Waals surface area contributed by atoms with Crippen LogP contribution >= 0.6 is 0 Å². The first-order valence-corrected chi connectivity index (χ1v) is 9.06. The monoisotopic (exact) mass is 375 g/mol. The smallest absolute Gasteiger partial charge is 0.243 e. The predicted molar refractivity (Wildman–Crippen MR) is 102 cm³/mol. The van der Waals surface area contributed by atoms with Crippen LogP contribution in [0.2, 0.25) is 0 Å². The zero-order valence-electron chi connectivity index (χ0n) is 15.2. The lowest BCUT2D eigenvalue weighted by Crippen LogP contribution is -2.31. The van der Waals surface area contributed by atoms with Gasteiger partial charge in [0.1, 0.15) is 11.7 Å². The van der Waals surface area contributed by atoms with Crippen molar-refractivity contribution in [2.45, 2.75) is 25.7 Å². The molecule has 2 N–H and O–H groups in total. The van der Waals surface area contributed by atoms with Crippen molar-refractivity contribution in [3.05, 3.63) is 65.4 Å². The van der Waals surface area contributed by atoms with E-state index in [0.29, 0.717) is 5.88 Å². The summed E-state index contributed by atoms with van der Waals surface area (Å²) >= 11 is 0. The molecular weight excluding hydrogens is 357 g/mol. The SMILES string of the molecule is CCCc1[nH]nc2c1C(c1cncc(-c3ccc(F)cc3)c1)C(C#N)C(=N)O2. The number of nitriles is 1. The first-order valence-electron chi connectivity index (χ1n) is 9.06.